The molecule has 21 heavy (non-hydrogen) atoms. The summed E-state index contributed by atoms with van der Waals surface area (Å²) in [5, 5.41) is 1.82. The lowest BCUT2D eigenvalue weighted by atomic mass is 10.0. The Balaban J connectivity index is 2.18. The third-order valence-electron chi connectivity index (χ3n) is 3.24. The average molecular weight is 307 g/mol. The zero-order chi connectivity index (χ0) is 15.5. The van der Waals surface area contributed by atoms with Gasteiger partial charge >= 0.3 is 6.18 Å². The number of hydrogen-bond acceptors (Lipinski definition) is 4. The van der Waals surface area contributed by atoms with E-state index < -0.39 is 23.6 Å². The van der Waals surface area contributed by atoms with Gasteiger partial charge in [0.1, 0.15) is 5.82 Å². The van der Waals surface area contributed by atoms with E-state index in [4.69, 9.17) is 10.5 Å². The first-order valence-electron chi connectivity index (χ1n) is 6.57. The molecule has 1 saturated heterocycles. The van der Waals surface area contributed by atoms with Crippen LogP contribution in [0.2, 0.25) is 0 Å². The van der Waals surface area contributed by atoms with Crippen molar-refractivity contribution in [2.75, 3.05) is 32.8 Å². The molecule has 0 spiro atoms. The van der Waals surface area contributed by atoms with Crippen LogP contribution in [0.3, 0.4) is 0 Å². The highest BCUT2D eigenvalue weighted by Gasteiger charge is 2.32. The molecule has 1 unspecified atom stereocenters. The number of ether oxygens (including phenoxy) is 1. The smallest absolute Gasteiger partial charge is 0.379 e. The maximum Gasteiger partial charge on any atom is 0.416 e. The molecule has 0 saturated carbocycles. The number of hydrogen-bond donors (Lipinski definition) is 2. The first kappa shape index (κ1) is 16.2. The van der Waals surface area contributed by atoms with Gasteiger partial charge in [0.15, 0.2) is 0 Å². The van der Waals surface area contributed by atoms with Crippen LogP contribution in [0.25, 0.3) is 0 Å². The van der Waals surface area contributed by atoms with Gasteiger partial charge in [0.05, 0.1) is 24.8 Å². The Morgan fingerprint density at radius 2 is 1.90 bits per heavy atom. The van der Waals surface area contributed by atoms with Crippen LogP contribution in [0.5, 0.6) is 0 Å². The number of hydrazine groups is 1. The zero-order valence-corrected chi connectivity index (χ0v) is 11.3. The normalized spacial score (nSPS) is 18.7. The van der Waals surface area contributed by atoms with Gasteiger partial charge < -0.3 is 10.5 Å². The molecule has 1 heterocycles. The van der Waals surface area contributed by atoms with Crippen molar-refractivity contribution in [3.05, 3.63) is 35.1 Å². The number of morpholine rings is 1. The van der Waals surface area contributed by atoms with E-state index >= 15 is 0 Å². The number of alkyl halides is 3. The van der Waals surface area contributed by atoms with Crippen molar-refractivity contribution in [1.82, 2.24) is 10.4 Å². The third-order valence-corrected chi connectivity index (χ3v) is 3.24. The summed E-state index contributed by atoms with van der Waals surface area (Å²) in [5.74, 6) is -0.929. The summed E-state index contributed by atoms with van der Waals surface area (Å²) < 4.78 is 56.8. The molecule has 0 bridgehead atoms. The van der Waals surface area contributed by atoms with Gasteiger partial charge in [0, 0.05) is 19.6 Å². The number of benzene rings is 1. The number of rotatable bonds is 4. The molecular formula is C13H17F4N3O. The fourth-order valence-electron chi connectivity index (χ4n) is 2.15. The second-order valence-corrected chi connectivity index (χ2v) is 4.79. The standard InChI is InChI=1S/C13H17F4N3O/c14-11-6-9(5-10(7-11)13(15,16)17)12(8-18)19-20-1-3-21-4-2-20/h5-7,12,19H,1-4,8,18H2. The van der Waals surface area contributed by atoms with E-state index in [1.165, 1.54) is 0 Å². The van der Waals surface area contributed by atoms with Crippen molar-refractivity contribution in [3.8, 4) is 0 Å². The van der Waals surface area contributed by atoms with Crippen molar-refractivity contribution >= 4 is 0 Å². The van der Waals surface area contributed by atoms with Crippen LogP contribution in [0.1, 0.15) is 17.2 Å². The van der Waals surface area contributed by atoms with E-state index in [0.717, 1.165) is 12.1 Å². The van der Waals surface area contributed by atoms with Gasteiger partial charge in [-0.15, -0.1) is 0 Å². The van der Waals surface area contributed by atoms with Gasteiger partial charge in [-0.1, -0.05) is 0 Å². The van der Waals surface area contributed by atoms with Crippen LogP contribution >= 0.6 is 0 Å². The number of nitrogens with zero attached hydrogens (tertiary/aromatic N) is 1. The first-order chi connectivity index (χ1) is 9.90. The lowest BCUT2D eigenvalue weighted by molar-refractivity contribution is -0.137. The van der Waals surface area contributed by atoms with E-state index in [9.17, 15) is 17.6 Å². The Labute approximate surface area is 119 Å². The van der Waals surface area contributed by atoms with Gasteiger partial charge in [-0.2, -0.15) is 13.2 Å². The molecule has 8 heteroatoms. The highest BCUT2D eigenvalue weighted by molar-refractivity contribution is 5.29. The van der Waals surface area contributed by atoms with Crippen molar-refractivity contribution < 1.29 is 22.3 Å². The highest BCUT2D eigenvalue weighted by Crippen LogP contribution is 2.31. The first-order valence-corrected chi connectivity index (χ1v) is 6.57. The Morgan fingerprint density at radius 3 is 2.48 bits per heavy atom. The van der Waals surface area contributed by atoms with E-state index in [1.807, 2.05) is 5.01 Å². The maximum atomic E-state index is 13.4. The lowest BCUT2D eigenvalue weighted by Crippen LogP contribution is -2.48. The number of nitrogens with one attached hydrogen (secondary N) is 1. The minimum Gasteiger partial charge on any atom is -0.379 e. The highest BCUT2D eigenvalue weighted by atomic mass is 19.4. The SMILES string of the molecule is NCC(NN1CCOCC1)c1cc(F)cc(C(F)(F)F)c1. The number of halogens is 4. The van der Waals surface area contributed by atoms with E-state index in [-0.39, 0.29) is 12.1 Å². The Kier molecular flexibility index (Phi) is 5.15. The van der Waals surface area contributed by atoms with Crippen molar-refractivity contribution in [1.29, 1.82) is 0 Å². The quantitative estimate of drug-likeness (QED) is 0.831. The largest absolute Gasteiger partial charge is 0.416 e. The minimum atomic E-state index is -4.59. The van der Waals surface area contributed by atoms with Gasteiger partial charge in [-0.25, -0.2) is 14.8 Å². The topological polar surface area (TPSA) is 50.5 Å². The van der Waals surface area contributed by atoms with Crippen LogP contribution in [0.15, 0.2) is 18.2 Å². The third kappa shape index (κ3) is 4.37. The molecule has 0 aromatic heterocycles. The second-order valence-electron chi connectivity index (χ2n) is 4.79. The predicted octanol–water partition coefficient (Wildman–Crippen LogP) is 1.68. The summed E-state index contributed by atoms with van der Waals surface area (Å²) >= 11 is 0. The average Bonchev–Trinajstić information content (AvgIpc) is 2.44. The molecule has 0 aliphatic carbocycles. The molecule has 4 nitrogen and oxygen atoms in total. The molecule has 2 rings (SSSR count). The van der Waals surface area contributed by atoms with Crippen molar-refractivity contribution in [2.45, 2.75) is 12.2 Å². The predicted molar refractivity (Wildman–Crippen MR) is 68.7 cm³/mol. The molecule has 1 aliphatic rings. The van der Waals surface area contributed by atoms with Crippen LogP contribution < -0.4 is 11.2 Å². The Bertz CT molecular complexity index is 475. The summed E-state index contributed by atoms with van der Waals surface area (Å²) in [4.78, 5) is 0. The molecule has 1 fully saturated rings. The van der Waals surface area contributed by atoms with Crippen LogP contribution in [0.4, 0.5) is 17.6 Å². The van der Waals surface area contributed by atoms with E-state index in [2.05, 4.69) is 5.43 Å². The van der Waals surface area contributed by atoms with E-state index in [0.29, 0.717) is 32.4 Å². The van der Waals surface area contributed by atoms with Gasteiger partial charge in [-0.05, 0) is 23.8 Å². The number of nitrogens with two attached hydrogens (primary N) is 1. The lowest BCUT2D eigenvalue weighted by Gasteiger charge is -2.31. The molecule has 1 aromatic carbocycles. The summed E-state index contributed by atoms with van der Waals surface area (Å²) in [5.41, 5.74) is 7.79. The maximum absolute atomic E-state index is 13.4. The molecule has 1 aliphatic heterocycles. The van der Waals surface area contributed by atoms with Gasteiger partial charge in [0.25, 0.3) is 0 Å². The molecule has 0 amide bonds. The minimum absolute atomic E-state index is 0.0537. The molecule has 3 N–H and O–H groups in total. The molecular weight excluding hydrogens is 290 g/mol. The zero-order valence-electron chi connectivity index (χ0n) is 11.3. The summed E-state index contributed by atoms with van der Waals surface area (Å²) in [6, 6.07) is 1.89. The van der Waals surface area contributed by atoms with Crippen LogP contribution in [-0.2, 0) is 10.9 Å². The molecule has 1 atom stereocenters. The van der Waals surface area contributed by atoms with Gasteiger partial charge in [-0.3, -0.25) is 0 Å². The summed E-state index contributed by atoms with van der Waals surface area (Å²) in [6.45, 7) is 2.30. The van der Waals surface area contributed by atoms with Crippen LogP contribution in [-0.4, -0.2) is 37.9 Å². The summed E-state index contributed by atoms with van der Waals surface area (Å²) in [7, 11) is 0. The second kappa shape index (κ2) is 6.69. The molecule has 1 aromatic rings. The fraction of sp³-hybridized carbons (Fsp3) is 0.538. The molecule has 118 valence electrons. The Hall–Kier alpha value is -1.22. The summed E-state index contributed by atoms with van der Waals surface area (Å²) in [6.07, 6.45) is -4.59. The van der Waals surface area contributed by atoms with Crippen LogP contribution in [0, 0.1) is 5.82 Å². The molecule has 0 radical (unpaired) electrons. The Morgan fingerprint density at radius 1 is 1.24 bits per heavy atom. The van der Waals surface area contributed by atoms with Crippen molar-refractivity contribution in [2.24, 2.45) is 5.73 Å². The van der Waals surface area contributed by atoms with E-state index in [1.54, 1.807) is 0 Å². The fourth-order valence-corrected chi connectivity index (χ4v) is 2.15. The van der Waals surface area contributed by atoms with Crippen molar-refractivity contribution in [3.63, 3.8) is 0 Å². The monoisotopic (exact) mass is 307 g/mol. The van der Waals surface area contributed by atoms with Gasteiger partial charge in [0.2, 0.25) is 0 Å².